The maximum absolute atomic E-state index is 5.70. The van der Waals surface area contributed by atoms with E-state index in [1.807, 2.05) is 0 Å². The fraction of sp³-hybridized carbons (Fsp3) is 0.294. The lowest BCUT2D eigenvalue weighted by atomic mass is 10.0. The molecule has 19 heavy (non-hydrogen) atoms. The molecule has 94 valence electrons. The van der Waals surface area contributed by atoms with E-state index in [0.29, 0.717) is 0 Å². The van der Waals surface area contributed by atoms with Crippen LogP contribution in [0.15, 0.2) is 48.5 Å². The molecule has 2 heteroatoms. The zero-order valence-electron chi connectivity index (χ0n) is 11.2. The van der Waals surface area contributed by atoms with E-state index in [-0.39, 0.29) is 0 Å². The van der Waals surface area contributed by atoms with Gasteiger partial charge in [-0.3, -0.25) is 0 Å². The first-order valence-corrected chi connectivity index (χ1v) is 7.03. The molecule has 1 heterocycles. The second-order valence-corrected chi connectivity index (χ2v) is 5.05. The van der Waals surface area contributed by atoms with Crippen LogP contribution in [0, 0.1) is 0 Å². The molecule has 1 aliphatic rings. The van der Waals surface area contributed by atoms with Gasteiger partial charge in [0.25, 0.3) is 0 Å². The van der Waals surface area contributed by atoms with E-state index >= 15 is 0 Å². The van der Waals surface area contributed by atoms with Gasteiger partial charge in [0, 0.05) is 17.9 Å². The van der Waals surface area contributed by atoms with Gasteiger partial charge in [-0.1, -0.05) is 42.7 Å². The average Bonchev–Trinajstić information content (AvgIpc) is 2.62. The predicted molar refractivity (Wildman–Crippen MR) is 82.5 cm³/mol. The first-order chi connectivity index (χ1) is 9.40. The number of hydrogen-bond acceptors (Lipinski definition) is 1. The normalized spacial score (nSPS) is 13.6. The molecule has 1 aliphatic heterocycles. The van der Waals surface area contributed by atoms with E-state index in [2.05, 4.69) is 53.4 Å². The summed E-state index contributed by atoms with van der Waals surface area (Å²) in [6, 6.07) is 17.5. The van der Waals surface area contributed by atoms with Crippen LogP contribution in [0.3, 0.4) is 0 Å². The van der Waals surface area contributed by atoms with Crippen LogP contribution in [0.1, 0.15) is 17.5 Å². The molecular formula is C17H18BN. The number of fused-ring (bicyclic) bond motifs is 2. The van der Waals surface area contributed by atoms with E-state index in [9.17, 15) is 0 Å². The minimum Gasteiger partial charge on any atom is -0.341 e. The van der Waals surface area contributed by atoms with Gasteiger partial charge < -0.3 is 4.90 Å². The smallest absolute Gasteiger partial charge is 0.0653 e. The SMILES string of the molecule is [B]CCCN1c2ccccc2CCc2ccccc21. The minimum atomic E-state index is 0.737. The van der Waals surface area contributed by atoms with Crippen LogP contribution in [0.25, 0.3) is 0 Å². The summed E-state index contributed by atoms with van der Waals surface area (Å²) in [6.07, 6.45) is 3.99. The fourth-order valence-corrected chi connectivity index (χ4v) is 2.86. The topological polar surface area (TPSA) is 3.24 Å². The highest BCUT2D eigenvalue weighted by molar-refractivity contribution is 6.08. The Balaban J connectivity index is 2.08. The van der Waals surface area contributed by atoms with E-state index in [4.69, 9.17) is 7.85 Å². The van der Waals surface area contributed by atoms with Crippen molar-refractivity contribution >= 4 is 19.2 Å². The summed E-state index contributed by atoms with van der Waals surface area (Å²) in [5, 5.41) is 0. The van der Waals surface area contributed by atoms with Crippen molar-refractivity contribution in [3.05, 3.63) is 59.7 Å². The van der Waals surface area contributed by atoms with Crippen LogP contribution >= 0.6 is 0 Å². The second kappa shape index (κ2) is 5.52. The Morgan fingerprint density at radius 3 is 1.89 bits per heavy atom. The van der Waals surface area contributed by atoms with E-state index in [1.54, 1.807) is 0 Å². The maximum atomic E-state index is 5.70. The predicted octanol–water partition coefficient (Wildman–Crippen LogP) is 3.90. The molecule has 0 N–H and O–H groups in total. The van der Waals surface area contributed by atoms with Gasteiger partial charge in [0.1, 0.15) is 0 Å². The highest BCUT2D eigenvalue weighted by Crippen LogP contribution is 2.35. The molecule has 0 saturated carbocycles. The number of aryl methyl sites for hydroxylation is 2. The lowest BCUT2D eigenvalue weighted by Crippen LogP contribution is -2.19. The molecule has 0 saturated heterocycles. The number of rotatable bonds is 3. The van der Waals surface area contributed by atoms with Crippen LogP contribution < -0.4 is 4.90 Å². The highest BCUT2D eigenvalue weighted by Gasteiger charge is 2.19. The van der Waals surface area contributed by atoms with Gasteiger partial charge in [0.05, 0.1) is 7.85 Å². The highest BCUT2D eigenvalue weighted by atomic mass is 15.1. The molecular weight excluding hydrogens is 229 g/mol. The summed E-state index contributed by atoms with van der Waals surface area (Å²) < 4.78 is 0. The molecule has 0 aliphatic carbocycles. The summed E-state index contributed by atoms with van der Waals surface area (Å²) >= 11 is 0. The standard InChI is InChI=1S/C17H18BN/c18-12-5-13-19-16-8-3-1-6-14(16)10-11-15-7-2-4-9-17(15)19/h1-4,6-9H,5,10-13H2. The van der Waals surface area contributed by atoms with Gasteiger partial charge in [0.15, 0.2) is 0 Å². The largest absolute Gasteiger partial charge is 0.341 e. The molecule has 3 rings (SSSR count). The van der Waals surface area contributed by atoms with Crippen LogP contribution in [0.5, 0.6) is 0 Å². The Bertz CT molecular complexity index is 517. The molecule has 0 atom stereocenters. The molecule has 0 fully saturated rings. The molecule has 1 nitrogen and oxygen atoms in total. The Hall–Kier alpha value is -1.70. The van der Waals surface area contributed by atoms with Gasteiger partial charge in [0.2, 0.25) is 0 Å². The lowest BCUT2D eigenvalue weighted by molar-refractivity contribution is 0.881. The Labute approximate surface area is 116 Å². The summed E-state index contributed by atoms with van der Waals surface area (Å²) in [5.41, 5.74) is 5.58. The number of benzene rings is 2. The molecule has 0 bridgehead atoms. The number of para-hydroxylation sites is 2. The molecule has 0 spiro atoms. The van der Waals surface area contributed by atoms with Crippen molar-refractivity contribution in [2.45, 2.75) is 25.6 Å². The summed E-state index contributed by atoms with van der Waals surface area (Å²) in [4.78, 5) is 2.44. The lowest BCUT2D eigenvalue weighted by Gasteiger charge is -2.26. The van der Waals surface area contributed by atoms with E-state index < -0.39 is 0 Å². The van der Waals surface area contributed by atoms with Crippen molar-refractivity contribution in [1.29, 1.82) is 0 Å². The quantitative estimate of drug-likeness (QED) is 0.743. The van der Waals surface area contributed by atoms with Gasteiger partial charge in [-0.15, -0.1) is 0 Å². The second-order valence-electron chi connectivity index (χ2n) is 5.05. The summed E-state index contributed by atoms with van der Waals surface area (Å²) in [6.45, 7) is 0.991. The zero-order valence-corrected chi connectivity index (χ0v) is 11.2. The maximum Gasteiger partial charge on any atom is 0.0653 e. The van der Waals surface area contributed by atoms with Crippen LogP contribution in [0.4, 0.5) is 11.4 Å². The van der Waals surface area contributed by atoms with Crippen molar-refractivity contribution in [1.82, 2.24) is 0 Å². The van der Waals surface area contributed by atoms with Gasteiger partial charge >= 0.3 is 0 Å². The van der Waals surface area contributed by atoms with Crippen molar-refractivity contribution in [3.63, 3.8) is 0 Å². The zero-order chi connectivity index (χ0) is 13.1. The third kappa shape index (κ3) is 2.40. The minimum absolute atomic E-state index is 0.737. The molecule has 0 amide bonds. The molecule has 2 aromatic rings. The third-order valence-electron chi connectivity index (χ3n) is 3.81. The van der Waals surface area contributed by atoms with E-state index in [0.717, 1.165) is 32.1 Å². The molecule has 0 unspecified atom stereocenters. The van der Waals surface area contributed by atoms with E-state index in [1.165, 1.54) is 22.5 Å². The first-order valence-electron chi connectivity index (χ1n) is 7.03. The van der Waals surface area contributed by atoms with Crippen LogP contribution in [-0.2, 0) is 12.8 Å². The third-order valence-corrected chi connectivity index (χ3v) is 3.81. The van der Waals surface area contributed by atoms with Gasteiger partial charge in [-0.25, -0.2) is 0 Å². The van der Waals surface area contributed by atoms with Crippen molar-refractivity contribution in [2.75, 3.05) is 11.4 Å². The van der Waals surface area contributed by atoms with Gasteiger partial charge in [-0.05, 0) is 42.5 Å². The number of anilines is 2. The van der Waals surface area contributed by atoms with Gasteiger partial charge in [-0.2, -0.15) is 0 Å². The van der Waals surface area contributed by atoms with Crippen molar-refractivity contribution in [2.24, 2.45) is 0 Å². The molecule has 0 aromatic heterocycles. The van der Waals surface area contributed by atoms with Crippen LogP contribution in [0.2, 0.25) is 6.32 Å². The molecule has 2 radical (unpaired) electrons. The van der Waals surface area contributed by atoms with Crippen LogP contribution in [-0.4, -0.2) is 14.4 Å². The number of hydrogen-bond donors (Lipinski definition) is 0. The summed E-state index contributed by atoms with van der Waals surface area (Å²) in [5.74, 6) is 0. The fourth-order valence-electron chi connectivity index (χ4n) is 2.86. The monoisotopic (exact) mass is 247 g/mol. The Kier molecular flexibility index (Phi) is 3.59. The Morgan fingerprint density at radius 1 is 0.842 bits per heavy atom. The Morgan fingerprint density at radius 2 is 1.37 bits per heavy atom. The first kappa shape index (κ1) is 12.3. The van der Waals surface area contributed by atoms with Crippen molar-refractivity contribution < 1.29 is 0 Å². The summed E-state index contributed by atoms with van der Waals surface area (Å²) in [7, 11) is 5.70. The van der Waals surface area contributed by atoms with Crippen molar-refractivity contribution in [3.8, 4) is 0 Å². The average molecular weight is 247 g/mol. The molecule has 2 aromatic carbocycles. The number of nitrogens with zero attached hydrogens (tertiary/aromatic N) is 1.